The van der Waals surface area contributed by atoms with Gasteiger partial charge in [0.1, 0.15) is 0 Å². The molecule has 0 saturated carbocycles. The van der Waals surface area contributed by atoms with E-state index in [1.165, 1.54) is 5.56 Å². The zero-order chi connectivity index (χ0) is 12.3. The zero-order valence-corrected chi connectivity index (χ0v) is 10.5. The lowest BCUT2D eigenvalue weighted by atomic mass is 10.1. The third kappa shape index (κ3) is 2.62. The van der Waals surface area contributed by atoms with E-state index in [2.05, 4.69) is 18.2 Å². The number of amides is 1. The summed E-state index contributed by atoms with van der Waals surface area (Å²) in [5, 5.41) is 0. The summed E-state index contributed by atoms with van der Waals surface area (Å²) in [6.45, 7) is 1.69. The minimum Gasteiger partial charge on any atom is -0.330 e. The highest BCUT2D eigenvalue weighted by atomic mass is 32.2. The van der Waals surface area contributed by atoms with Gasteiger partial charge in [-0.05, 0) is 30.7 Å². The second-order valence-corrected chi connectivity index (χ2v) is 4.98. The molecule has 1 heterocycles. The zero-order valence-electron chi connectivity index (χ0n) is 9.69. The SMILES string of the molecule is NCCc1ccc2c(c1)N(CCN)C(=O)CS2. The van der Waals surface area contributed by atoms with Crippen LogP contribution in [0.15, 0.2) is 23.1 Å². The first-order chi connectivity index (χ1) is 8.26. The normalized spacial score (nSPS) is 14.9. The van der Waals surface area contributed by atoms with Crippen LogP contribution in [0.2, 0.25) is 0 Å². The molecule has 4 nitrogen and oxygen atoms in total. The van der Waals surface area contributed by atoms with Crippen LogP contribution in [0.4, 0.5) is 5.69 Å². The van der Waals surface area contributed by atoms with E-state index in [0.29, 0.717) is 25.4 Å². The molecule has 4 N–H and O–H groups in total. The van der Waals surface area contributed by atoms with Crippen molar-refractivity contribution in [2.24, 2.45) is 11.5 Å². The molecule has 0 atom stereocenters. The van der Waals surface area contributed by atoms with Crippen molar-refractivity contribution in [3.05, 3.63) is 23.8 Å². The third-order valence-corrected chi connectivity index (χ3v) is 3.80. The van der Waals surface area contributed by atoms with Gasteiger partial charge in [0.25, 0.3) is 0 Å². The predicted octanol–water partition coefficient (Wildman–Crippen LogP) is 0.585. The van der Waals surface area contributed by atoms with Crippen molar-refractivity contribution in [2.75, 3.05) is 30.3 Å². The molecule has 0 bridgehead atoms. The van der Waals surface area contributed by atoms with Gasteiger partial charge in [0.15, 0.2) is 0 Å². The standard InChI is InChI=1S/C12H17N3OS/c13-4-3-9-1-2-11-10(7-9)15(6-5-14)12(16)8-17-11/h1-2,7H,3-6,8,13-14H2. The molecular weight excluding hydrogens is 234 g/mol. The maximum Gasteiger partial charge on any atom is 0.237 e. The molecule has 5 heteroatoms. The van der Waals surface area contributed by atoms with Crippen LogP contribution in [-0.2, 0) is 11.2 Å². The van der Waals surface area contributed by atoms with Crippen LogP contribution in [0.3, 0.4) is 0 Å². The molecule has 1 amide bonds. The fourth-order valence-electron chi connectivity index (χ4n) is 1.94. The molecule has 0 radical (unpaired) electrons. The van der Waals surface area contributed by atoms with E-state index in [0.717, 1.165) is 17.0 Å². The predicted molar refractivity (Wildman–Crippen MR) is 71.3 cm³/mol. The highest BCUT2D eigenvalue weighted by Gasteiger charge is 2.24. The number of rotatable bonds is 4. The number of benzene rings is 1. The summed E-state index contributed by atoms with van der Waals surface area (Å²) in [5.41, 5.74) is 13.3. The molecule has 1 aliphatic rings. The molecule has 0 saturated heterocycles. The molecule has 0 fully saturated rings. The monoisotopic (exact) mass is 251 g/mol. The topological polar surface area (TPSA) is 72.3 Å². The van der Waals surface area contributed by atoms with Gasteiger partial charge >= 0.3 is 0 Å². The molecule has 0 unspecified atom stereocenters. The smallest absolute Gasteiger partial charge is 0.237 e. The van der Waals surface area contributed by atoms with E-state index in [1.807, 2.05) is 0 Å². The average Bonchev–Trinajstić information content (AvgIpc) is 2.33. The van der Waals surface area contributed by atoms with Crippen molar-refractivity contribution >= 4 is 23.4 Å². The van der Waals surface area contributed by atoms with Crippen LogP contribution >= 0.6 is 11.8 Å². The van der Waals surface area contributed by atoms with E-state index >= 15 is 0 Å². The minimum atomic E-state index is 0.137. The first-order valence-corrected chi connectivity index (χ1v) is 6.71. The van der Waals surface area contributed by atoms with E-state index < -0.39 is 0 Å². The van der Waals surface area contributed by atoms with Crippen molar-refractivity contribution in [2.45, 2.75) is 11.3 Å². The Hall–Kier alpha value is -1.04. The molecule has 1 aliphatic heterocycles. The Bertz CT molecular complexity index is 422. The van der Waals surface area contributed by atoms with Crippen molar-refractivity contribution in [1.29, 1.82) is 0 Å². The Labute approximate surface area is 105 Å². The van der Waals surface area contributed by atoms with Gasteiger partial charge in [-0.15, -0.1) is 11.8 Å². The van der Waals surface area contributed by atoms with E-state index in [9.17, 15) is 4.79 Å². The average molecular weight is 251 g/mol. The lowest BCUT2D eigenvalue weighted by molar-refractivity contribution is -0.116. The Morgan fingerprint density at radius 2 is 2.12 bits per heavy atom. The Morgan fingerprint density at radius 3 is 2.82 bits per heavy atom. The molecule has 1 aromatic rings. The maximum atomic E-state index is 11.8. The number of hydrogen-bond donors (Lipinski definition) is 2. The lowest BCUT2D eigenvalue weighted by Crippen LogP contribution is -2.39. The van der Waals surface area contributed by atoms with Gasteiger partial charge in [-0.25, -0.2) is 0 Å². The molecule has 2 rings (SSSR count). The van der Waals surface area contributed by atoms with Crippen LogP contribution in [-0.4, -0.2) is 31.3 Å². The van der Waals surface area contributed by atoms with Gasteiger partial charge < -0.3 is 16.4 Å². The number of hydrogen-bond acceptors (Lipinski definition) is 4. The van der Waals surface area contributed by atoms with Gasteiger partial charge in [0.2, 0.25) is 5.91 Å². The Kier molecular flexibility index (Phi) is 4.04. The number of anilines is 1. The highest BCUT2D eigenvalue weighted by molar-refractivity contribution is 8.00. The largest absolute Gasteiger partial charge is 0.330 e. The van der Waals surface area contributed by atoms with Gasteiger partial charge in [-0.1, -0.05) is 6.07 Å². The van der Waals surface area contributed by atoms with Gasteiger partial charge in [0, 0.05) is 18.0 Å². The fourth-order valence-corrected chi connectivity index (χ4v) is 2.86. The molecule has 0 spiro atoms. The van der Waals surface area contributed by atoms with Crippen LogP contribution in [0.1, 0.15) is 5.56 Å². The van der Waals surface area contributed by atoms with Crippen molar-refractivity contribution in [3.63, 3.8) is 0 Å². The van der Waals surface area contributed by atoms with Crippen LogP contribution < -0.4 is 16.4 Å². The molecule has 0 aliphatic carbocycles. The maximum absolute atomic E-state index is 11.8. The summed E-state index contributed by atoms with van der Waals surface area (Å²) >= 11 is 1.59. The van der Waals surface area contributed by atoms with Crippen LogP contribution in [0, 0.1) is 0 Å². The van der Waals surface area contributed by atoms with Crippen molar-refractivity contribution in [1.82, 2.24) is 0 Å². The number of nitrogens with two attached hydrogens (primary N) is 2. The van der Waals surface area contributed by atoms with E-state index in [4.69, 9.17) is 11.5 Å². The summed E-state index contributed by atoms with van der Waals surface area (Å²) in [4.78, 5) is 14.8. The molecule has 1 aromatic carbocycles. The number of thioether (sulfide) groups is 1. The summed E-state index contributed by atoms with van der Waals surface area (Å²) in [6.07, 6.45) is 0.836. The van der Waals surface area contributed by atoms with E-state index in [-0.39, 0.29) is 5.91 Å². The summed E-state index contributed by atoms with van der Waals surface area (Å²) in [7, 11) is 0. The molecule has 17 heavy (non-hydrogen) atoms. The van der Waals surface area contributed by atoms with Gasteiger partial charge in [-0.3, -0.25) is 4.79 Å². The number of fused-ring (bicyclic) bond motifs is 1. The second-order valence-electron chi connectivity index (χ2n) is 3.96. The minimum absolute atomic E-state index is 0.137. The molecular formula is C12H17N3OS. The number of carbonyl (C=O) groups is 1. The molecule has 92 valence electrons. The summed E-state index contributed by atoms with van der Waals surface area (Å²) in [5.74, 6) is 0.640. The van der Waals surface area contributed by atoms with Gasteiger partial charge in [-0.2, -0.15) is 0 Å². The van der Waals surface area contributed by atoms with Crippen molar-refractivity contribution < 1.29 is 4.79 Å². The lowest BCUT2D eigenvalue weighted by Gasteiger charge is -2.29. The number of nitrogens with zero attached hydrogens (tertiary/aromatic N) is 1. The Morgan fingerprint density at radius 1 is 1.29 bits per heavy atom. The number of carbonyl (C=O) groups excluding carboxylic acids is 1. The Balaban J connectivity index is 2.34. The quantitative estimate of drug-likeness (QED) is 0.821. The first kappa shape index (κ1) is 12.4. The van der Waals surface area contributed by atoms with Crippen molar-refractivity contribution in [3.8, 4) is 0 Å². The second kappa shape index (κ2) is 5.53. The summed E-state index contributed by atoms with van der Waals surface area (Å²) in [6, 6.07) is 6.21. The highest BCUT2D eigenvalue weighted by Crippen LogP contribution is 2.35. The van der Waals surface area contributed by atoms with Gasteiger partial charge in [0.05, 0.1) is 11.4 Å². The first-order valence-electron chi connectivity index (χ1n) is 5.72. The van der Waals surface area contributed by atoms with E-state index in [1.54, 1.807) is 16.7 Å². The van der Waals surface area contributed by atoms with Crippen LogP contribution in [0.25, 0.3) is 0 Å². The summed E-state index contributed by atoms with van der Waals surface area (Å²) < 4.78 is 0. The third-order valence-electron chi connectivity index (χ3n) is 2.75. The van der Waals surface area contributed by atoms with Crippen LogP contribution in [0.5, 0.6) is 0 Å². The molecule has 0 aromatic heterocycles. The fraction of sp³-hybridized carbons (Fsp3) is 0.417.